The number of hydrogen-bond donors (Lipinski definition) is 1. The molecule has 1 aromatic carbocycles. The van der Waals surface area contributed by atoms with Gasteiger partial charge in [0.15, 0.2) is 9.84 Å². The van der Waals surface area contributed by atoms with E-state index in [1.165, 1.54) is 6.26 Å². The first-order valence-corrected chi connectivity index (χ1v) is 8.13. The molecule has 2 N–H and O–H groups in total. The summed E-state index contributed by atoms with van der Waals surface area (Å²) >= 11 is 0. The van der Waals surface area contributed by atoms with Crippen LogP contribution in [0.4, 0.5) is 11.4 Å². The normalized spacial score (nSPS) is 11.5. The molecule has 0 heterocycles. The first-order chi connectivity index (χ1) is 8.40. The van der Waals surface area contributed by atoms with Gasteiger partial charge in [0.05, 0.1) is 16.3 Å². The maximum Gasteiger partial charge on any atom is 0.175 e. The largest absolute Gasteiger partial charge is 0.397 e. The number of nitrogens with two attached hydrogens (primary N) is 1. The van der Waals surface area contributed by atoms with Crippen LogP contribution in [-0.2, 0) is 9.84 Å². The van der Waals surface area contributed by atoms with Gasteiger partial charge in [0.1, 0.15) is 0 Å². The van der Waals surface area contributed by atoms with Gasteiger partial charge in [0, 0.05) is 19.3 Å². The molecular weight excluding hydrogens is 248 g/mol. The van der Waals surface area contributed by atoms with Crippen LogP contribution in [0.25, 0.3) is 0 Å². The summed E-state index contributed by atoms with van der Waals surface area (Å²) in [6, 6.07) is 4.97. The molecule has 0 unspecified atom stereocenters. The van der Waals surface area contributed by atoms with E-state index in [0.717, 1.165) is 31.6 Å². The smallest absolute Gasteiger partial charge is 0.175 e. The third kappa shape index (κ3) is 3.63. The summed E-state index contributed by atoms with van der Waals surface area (Å²) < 4.78 is 22.9. The summed E-state index contributed by atoms with van der Waals surface area (Å²) in [5, 5.41) is 0. The Balaban J connectivity index is 3.10. The highest BCUT2D eigenvalue weighted by molar-refractivity contribution is 7.90. The summed E-state index contributed by atoms with van der Waals surface area (Å²) in [5.41, 5.74) is 7.42. The molecule has 4 nitrogen and oxygen atoms in total. The molecule has 1 aromatic rings. The second-order valence-corrected chi connectivity index (χ2v) is 6.50. The summed E-state index contributed by atoms with van der Waals surface area (Å²) in [6.45, 7) is 6.08. The fraction of sp³-hybridized carbons (Fsp3) is 0.538. The Kier molecular flexibility index (Phi) is 5.02. The van der Waals surface area contributed by atoms with E-state index in [4.69, 9.17) is 5.73 Å². The molecule has 0 fully saturated rings. The van der Waals surface area contributed by atoms with Gasteiger partial charge in [-0.15, -0.1) is 0 Å². The van der Waals surface area contributed by atoms with Gasteiger partial charge in [0.25, 0.3) is 0 Å². The van der Waals surface area contributed by atoms with Gasteiger partial charge in [0.2, 0.25) is 0 Å². The summed E-state index contributed by atoms with van der Waals surface area (Å²) in [4.78, 5) is 2.47. The highest BCUT2D eigenvalue weighted by Gasteiger charge is 2.12. The first kappa shape index (κ1) is 14.8. The predicted molar refractivity (Wildman–Crippen MR) is 76.8 cm³/mol. The molecular formula is C13H22N2O2S. The standard InChI is InChI=1S/C13H22N2O2S/c1-4-8-15(9-5-2)13-7-6-11(10-12(13)14)18(3,16)17/h6-7,10H,4-5,8-9,14H2,1-3H3. The molecule has 0 radical (unpaired) electrons. The molecule has 0 aliphatic rings. The van der Waals surface area contributed by atoms with Crippen LogP contribution in [0.1, 0.15) is 26.7 Å². The maximum atomic E-state index is 11.4. The van der Waals surface area contributed by atoms with Gasteiger partial charge in [-0.3, -0.25) is 0 Å². The minimum absolute atomic E-state index is 0.275. The van der Waals surface area contributed by atoms with Crippen LogP contribution in [0, 0.1) is 0 Å². The highest BCUT2D eigenvalue weighted by Crippen LogP contribution is 2.26. The zero-order valence-corrected chi connectivity index (χ0v) is 12.1. The molecule has 0 spiro atoms. The molecule has 0 bridgehead atoms. The summed E-state index contributed by atoms with van der Waals surface area (Å²) in [6.07, 6.45) is 3.26. The van der Waals surface area contributed by atoms with E-state index >= 15 is 0 Å². The van der Waals surface area contributed by atoms with Crippen molar-refractivity contribution in [1.82, 2.24) is 0 Å². The third-order valence-electron chi connectivity index (χ3n) is 2.75. The summed E-state index contributed by atoms with van der Waals surface area (Å²) in [5.74, 6) is 0. The monoisotopic (exact) mass is 270 g/mol. The minimum Gasteiger partial charge on any atom is -0.397 e. The Morgan fingerprint density at radius 1 is 1.17 bits per heavy atom. The fourth-order valence-electron chi connectivity index (χ4n) is 1.94. The second-order valence-electron chi connectivity index (χ2n) is 4.48. The van der Waals surface area contributed by atoms with Crippen molar-refractivity contribution < 1.29 is 8.42 Å². The Morgan fingerprint density at radius 2 is 1.72 bits per heavy atom. The molecule has 0 saturated carbocycles. The van der Waals surface area contributed by atoms with Crippen molar-refractivity contribution in [3.63, 3.8) is 0 Å². The van der Waals surface area contributed by atoms with Crippen molar-refractivity contribution in [3.8, 4) is 0 Å². The van der Waals surface area contributed by atoms with Crippen LogP contribution < -0.4 is 10.6 Å². The zero-order valence-electron chi connectivity index (χ0n) is 11.3. The van der Waals surface area contributed by atoms with Crippen LogP contribution in [0.15, 0.2) is 23.1 Å². The van der Waals surface area contributed by atoms with Crippen LogP contribution in [0.3, 0.4) is 0 Å². The van der Waals surface area contributed by atoms with Gasteiger partial charge in [-0.25, -0.2) is 8.42 Å². The van der Waals surface area contributed by atoms with Gasteiger partial charge in [-0.1, -0.05) is 13.8 Å². The fourth-order valence-corrected chi connectivity index (χ4v) is 2.60. The number of benzene rings is 1. The van der Waals surface area contributed by atoms with Gasteiger partial charge in [-0.05, 0) is 31.0 Å². The molecule has 0 aliphatic heterocycles. The topological polar surface area (TPSA) is 63.4 Å². The minimum atomic E-state index is -3.19. The SMILES string of the molecule is CCCN(CCC)c1ccc(S(C)(=O)=O)cc1N. The van der Waals surface area contributed by atoms with Crippen molar-refractivity contribution in [1.29, 1.82) is 0 Å². The average Bonchev–Trinajstić information content (AvgIpc) is 2.27. The lowest BCUT2D eigenvalue weighted by Crippen LogP contribution is -2.25. The van der Waals surface area contributed by atoms with Crippen molar-refractivity contribution in [2.24, 2.45) is 0 Å². The lowest BCUT2D eigenvalue weighted by atomic mass is 10.2. The molecule has 0 atom stereocenters. The van der Waals surface area contributed by atoms with E-state index < -0.39 is 9.84 Å². The molecule has 0 aromatic heterocycles. The van der Waals surface area contributed by atoms with Crippen LogP contribution in [0.5, 0.6) is 0 Å². The molecule has 0 amide bonds. The highest BCUT2D eigenvalue weighted by atomic mass is 32.2. The predicted octanol–water partition coefficient (Wildman–Crippen LogP) is 2.30. The van der Waals surface area contributed by atoms with Gasteiger partial charge < -0.3 is 10.6 Å². The average molecular weight is 270 g/mol. The van der Waals surface area contributed by atoms with E-state index in [2.05, 4.69) is 18.7 Å². The van der Waals surface area contributed by atoms with E-state index in [9.17, 15) is 8.42 Å². The van der Waals surface area contributed by atoms with Crippen molar-refractivity contribution in [2.75, 3.05) is 30.0 Å². The Morgan fingerprint density at radius 3 is 2.11 bits per heavy atom. The zero-order chi connectivity index (χ0) is 13.8. The van der Waals surface area contributed by atoms with E-state index in [-0.39, 0.29) is 4.90 Å². The third-order valence-corrected chi connectivity index (χ3v) is 3.87. The van der Waals surface area contributed by atoms with Crippen molar-refractivity contribution in [2.45, 2.75) is 31.6 Å². The second kappa shape index (κ2) is 6.09. The van der Waals surface area contributed by atoms with Gasteiger partial charge in [-0.2, -0.15) is 0 Å². The van der Waals surface area contributed by atoms with Crippen LogP contribution in [0.2, 0.25) is 0 Å². The van der Waals surface area contributed by atoms with E-state index in [1.807, 2.05) is 0 Å². The quantitative estimate of drug-likeness (QED) is 0.806. The van der Waals surface area contributed by atoms with Crippen LogP contribution >= 0.6 is 0 Å². The first-order valence-electron chi connectivity index (χ1n) is 6.24. The number of anilines is 2. The van der Waals surface area contributed by atoms with Gasteiger partial charge >= 0.3 is 0 Å². The maximum absolute atomic E-state index is 11.4. The lowest BCUT2D eigenvalue weighted by Gasteiger charge is -2.25. The van der Waals surface area contributed by atoms with Crippen molar-refractivity contribution >= 4 is 21.2 Å². The van der Waals surface area contributed by atoms with Crippen molar-refractivity contribution in [3.05, 3.63) is 18.2 Å². The van der Waals surface area contributed by atoms with E-state index in [0.29, 0.717) is 5.69 Å². The molecule has 102 valence electrons. The number of rotatable bonds is 6. The molecule has 5 heteroatoms. The number of nitrogen functional groups attached to an aromatic ring is 1. The number of nitrogens with zero attached hydrogens (tertiary/aromatic N) is 1. The Bertz CT molecular complexity index is 492. The summed E-state index contributed by atoms with van der Waals surface area (Å²) in [7, 11) is -3.19. The van der Waals surface area contributed by atoms with E-state index in [1.54, 1.807) is 18.2 Å². The molecule has 18 heavy (non-hydrogen) atoms. The number of hydrogen-bond acceptors (Lipinski definition) is 4. The molecule has 0 saturated heterocycles. The van der Waals surface area contributed by atoms with Crippen LogP contribution in [-0.4, -0.2) is 27.8 Å². The Labute approximate surface area is 110 Å². The lowest BCUT2D eigenvalue weighted by molar-refractivity contribution is 0.602. The molecule has 1 rings (SSSR count). The Hall–Kier alpha value is -1.23. The molecule has 0 aliphatic carbocycles. The number of sulfone groups is 1.